The molecule has 10 heteroatoms. The Kier molecular flexibility index (Phi) is 5.65. The first kappa shape index (κ1) is 22.0. The number of aromatic nitrogens is 2. The average Bonchev–Trinajstić information content (AvgIpc) is 3.48. The topological polar surface area (TPSA) is 75.0 Å². The van der Waals surface area contributed by atoms with Crippen molar-refractivity contribution in [2.75, 3.05) is 26.2 Å². The molecule has 2 saturated heterocycles. The summed E-state index contributed by atoms with van der Waals surface area (Å²) in [5.41, 5.74) is 2.34. The first-order valence-electron chi connectivity index (χ1n) is 11.1. The third-order valence-corrected chi connectivity index (χ3v) is 8.44. The summed E-state index contributed by atoms with van der Waals surface area (Å²) >= 11 is 0. The number of carbonyl (C=O) groups is 1. The summed E-state index contributed by atoms with van der Waals surface area (Å²) in [6, 6.07) is 6.25. The van der Waals surface area contributed by atoms with Gasteiger partial charge in [-0.15, -0.1) is 0 Å². The summed E-state index contributed by atoms with van der Waals surface area (Å²) in [5, 5.41) is 4.31. The average molecular weight is 475 g/mol. The zero-order valence-corrected chi connectivity index (χ0v) is 18.8. The standard InChI is InChI=1S/C23H24F2N4O3S/c24-18-12-19(25)14-20(13-18)33(31,32)28-8-3-16(4-9-28)17-5-10-29-22(11-17)21(15-26-29)23(30)27-6-1-2-7-27/h5,10-16H,1-4,6-9H2. The summed E-state index contributed by atoms with van der Waals surface area (Å²) in [7, 11) is -3.98. The van der Waals surface area contributed by atoms with Crippen molar-refractivity contribution in [2.24, 2.45) is 0 Å². The molecule has 2 aliphatic heterocycles. The third-order valence-electron chi connectivity index (χ3n) is 6.57. The molecule has 0 N–H and O–H groups in total. The van der Waals surface area contributed by atoms with Crippen LogP contribution < -0.4 is 0 Å². The maximum Gasteiger partial charge on any atom is 0.257 e. The Labute approximate surface area is 190 Å². The first-order chi connectivity index (χ1) is 15.8. The summed E-state index contributed by atoms with van der Waals surface area (Å²) in [6.07, 6.45) is 6.59. The van der Waals surface area contributed by atoms with Gasteiger partial charge in [-0.1, -0.05) is 0 Å². The highest BCUT2D eigenvalue weighted by atomic mass is 32.2. The van der Waals surface area contributed by atoms with Crippen molar-refractivity contribution in [2.45, 2.75) is 36.5 Å². The Bertz CT molecular complexity index is 1290. The van der Waals surface area contributed by atoms with E-state index >= 15 is 0 Å². The van der Waals surface area contributed by atoms with Crippen molar-refractivity contribution in [1.82, 2.24) is 18.8 Å². The van der Waals surface area contributed by atoms with Crippen molar-refractivity contribution < 1.29 is 22.0 Å². The molecule has 0 bridgehead atoms. The van der Waals surface area contributed by atoms with Crippen LogP contribution in [-0.4, -0.2) is 59.3 Å². The van der Waals surface area contributed by atoms with Gasteiger partial charge in [-0.05, 0) is 61.4 Å². The number of pyridine rings is 1. The molecule has 1 amide bonds. The molecule has 0 spiro atoms. The number of sulfonamides is 1. The fourth-order valence-corrected chi connectivity index (χ4v) is 6.28. The molecule has 0 saturated carbocycles. The molecule has 2 fully saturated rings. The third kappa shape index (κ3) is 4.13. The van der Waals surface area contributed by atoms with Crippen molar-refractivity contribution >= 4 is 21.4 Å². The van der Waals surface area contributed by atoms with Gasteiger partial charge in [0.15, 0.2) is 0 Å². The van der Waals surface area contributed by atoms with Crippen LogP contribution in [0.15, 0.2) is 47.6 Å². The number of piperidine rings is 1. The molecule has 33 heavy (non-hydrogen) atoms. The maximum absolute atomic E-state index is 13.5. The van der Waals surface area contributed by atoms with Gasteiger partial charge in [0, 0.05) is 38.4 Å². The lowest BCUT2D eigenvalue weighted by molar-refractivity contribution is 0.0794. The minimum atomic E-state index is -3.98. The van der Waals surface area contributed by atoms with Gasteiger partial charge in [0.1, 0.15) is 11.6 Å². The molecule has 4 heterocycles. The summed E-state index contributed by atoms with van der Waals surface area (Å²) < 4.78 is 55.8. The molecule has 3 aromatic rings. The summed E-state index contributed by atoms with van der Waals surface area (Å²) in [6.45, 7) is 2.01. The number of halogens is 2. The van der Waals surface area contributed by atoms with Crippen LogP contribution in [0.2, 0.25) is 0 Å². The zero-order valence-electron chi connectivity index (χ0n) is 18.0. The highest BCUT2D eigenvalue weighted by Gasteiger charge is 2.31. The molecule has 0 unspecified atom stereocenters. The van der Waals surface area contributed by atoms with Crippen LogP contribution in [0.3, 0.4) is 0 Å². The van der Waals surface area contributed by atoms with Crippen LogP contribution in [0.25, 0.3) is 5.52 Å². The normalized spacial score (nSPS) is 18.3. The predicted octanol–water partition coefficient (Wildman–Crippen LogP) is 3.42. The molecule has 7 nitrogen and oxygen atoms in total. The molecule has 174 valence electrons. The number of fused-ring (bicyclic) bond motifs is 1. The molecule has 1 aromatic carbocycles. The van der Waals surface area contributed by atoms with Crippen LogP contribution in [0, 0.1) is 11.6 Å². The Morgan fingerprint density at radius 3 is 2.30 bits per heavy atom. The number of hydrogen-bond donors (Lipinski definition) is 0. The predicted molar refractivity (Wildman–Crippen MR) is 117 cm³/mol. The van der Waals surface area contributed by atoms with Crippen LogP contribution in [-0.2, 0) is 10.0 Å². The Balaban J connectivity index is 1.34. The lowest BCUT2D eigenvalue weighted by atomic mass is 9.90. The number of hydrogen-bond acceptors (Lipinski definition) is 4. The SMILES string of the molecule is O=C(c1cnn2ccc(C3CCN(S(=O)(=O)c4cc(F)cc(F)c4)CC3)cc12)N1CCCC1. The van der Waals surface area contributed by atoms with E-state index < -0.39 is 21.7 Å². The molecule has 2 aliphatic rings. The number of likely N-dealkylation sites (tertiary alicyclic amines) is 1. The van der Waals surface area contributed by atoms with Gasteiger partial charge in [0.25, 0.3) is 5.91 Å². The van der Waals surface area contributed by atoms with Crippen LogP contribution in [0.4, 0.5) is 8.78 Å². The van der Waals surface area contributed by atoms with E-state index in [-0.39, 0.29) is 29.8 Å². The van der Waals surface area contributed by atoms with E-state index in [2.05, 4.69) is 5.10 Å². The van der Waals surface area contributed by atoms with E-state index in [0.29, 0.717) is 24.5 Å². The van der Waals surface area contributed by atoms with E-state index in [1.807, 2.05) is 23.2 Å². The Morgan fingerprint density at radius 2 is 1.64 bits per heavy atom. The van der Waals surface area contributed by atoms with Gasteiger partial charge < -0.3 is 4.90 Å². The Morgan fingerprint density at radius 1 is 0.970 bits per heavy atom. The lowest BCUT2D eigenvalue weighted by Gasteiger charge is -2.31. The minimum Gasteiger partial charge on any atom is -0.339 e. The van der Waals surface area contributed by atoms with Gasteiger partial charge in [-0.3, -0.25) is 4.79 Å². The zero-order chi connectivity index (χ0) is 23.2. The van der Waals surface area contributed by atoms with Crippen molar-refractivity contribution in [1.29, 1.82) is 0 Å². The van der Waals surface area contributed by atoms with Gasteiger partial charge in [-0.25, -0.2) is 21.7 Å². The van der Waals surface area contributed by atoms with E-state index in [1.165, 1.54) is 4.31 Å². The molecule has 5 rings (SSSR count). The van der Waals surface area contributed by atoms with Crippen molar-refractivity contribution in [3.05, 3.63) is 65.5 Å². The first-order valence-corrected chi connectivity index (χ1v) is 12.5. The number of nitrogens with zero attached hydrogens (tertiary/aromatic N) is 4. The van der Waals surface area contributed by atoms with E-state index in [4.69, 9.17) is 0 Å². The largest absolute Gasteiger partial charge is 0.339 e. The van der Waals surface area contributed by atoms with E-state index in [1.54, 1.807) is 10.7 Å². The number of amides is 1. The fraction of sp³-hybridized carbons (Fsp3) is 0.391. The van der Waals surface area contributed by atoms with Gasteiger partial charge >= 0.3 is 0 Å². The monoisotopic (exact) mass is 474 g/mol. The van der Waals surface area contributed by atoms with Gasteiger partial charge in [0.2, 0.25) is 10.0 Å². The lowest BCUT2D eigenvalue weighted by Crippen LogP contribution is -2.38. The summed E-state index contributed by atoms with van der Waals surface area (Å²) in [5.74, 6) is -1.74. The van der Waals surface area contributed by atoms with Crippen LogP contribution >= 0.6 is 0 Å². The van der Waals surface area contributed by atoms with Crippen LogP contribution in [0.5, 0.6) is 0 Å². The maximum atomic E-state index is 13.5. The molecule has 0 aliphatic carbocycles. The Hall–Kier alpha value is -2.85. The van der Waals surface area contributed by atoms with E-state index in [0.717, 1.165) is 49.1 Å². The number of carbonyl (C=O) groups excluding carboxylic acids is 1. The smallest absolute Gasteiger partial charge is 0.257 e. The van der Waals surface area contributed by atoms with Crippen LogP contribution in [0.1, 0.15) is 47.5 Å². The van der Waals surface area contributed by atoms with Gasteiger partial charge in [0.05, 0.1) is 22.2 Å². The quantitative estimate of drug-likeness (QED) is 0.581. The molecular formula is C23H24F2N4O3S. The molecule has 0 radical (unpaired) electrons. The minimum absolute atomic E-state index is 0.0112. The van der Waals surface area contributed by atoms with Crippen molar-refractivity contribution in [3.8, 4) is 0 Å². The molecular weight excluding hydrogens is 450 g/mol. The fourth-order valence-electron chi connectivity index (χ4n) is 4.76. The molecule has 2 aromatic heterocycles. The highest BCUT2D eigenvalue weighted by Crippen LogP contribution is 2.32. The van der Waals surface area contributed by atoms with Gasteiger partial charge in [-0.2, -0.15) is 9.40 Å². The second kappa shape index (κ2) is 8.49. The van der Waals surface area contributed by atoms with Crippen molar-refractivity contribution in [3.63, 3.8) is 0 Å². The second-order valence-electron chi connectivity index (χ2n) is 8.63. The number of rotatable bonds is 4. The summed E-state index contributed by atoms with van der Waals surface area (Å²) in [4.78, 5) is 14.4. The molecule has 0 atom stereocenters. The second-order valence-corrected chi connectivity index (χ2v) is 10.6. The number of benzene rings is 1. The van der Waals surface area contributed by atoms with E-state index in [9.17, 15) is 22.0 Å². The highest BCUT2D eigenvalue weighted by molar-refractivity contribution is 7.89.